The molecule has 1 aromatic carbocycles. The van der Waals surface area contributed by atoms with Crippen molar-refractivity contribution in [2.45, 2.75) is 18.9 Å². The van der Waals surface area contributed by atoms with Crippen LogP contribution in [0.15, 0.2) is 23.2 Å². The predicted molar refractivity (Wildman–Crippen MR) is 77.0 cm³/mol. The first kappa shape index (κ1) is 14.1. The van der Waals surface area contributed by atoms with Gasteiger partial charge in [-0.15, -0.1) is 0 Å². The molecule has 4 amide bonds. The maximum absolute atomic E-state index is 12.5. The summed E-state index contributed by atoms with van der Waals surface area (Å²) in [6.07, 6.45) is 0.278. The van der Waals surface area contributed by atoms with Gasteiger partial charge in [-0.25, -0.2) is 0 Å². The van der Waals surface area contributed by atoms with E-state index in [-0.39, 0.29) is 29.9 Å². The highest BCUT2D eigenvalue weighted by Crippen LogP contribution is 2.30. The van der Waals surface area contributed by atoms with E-state index in [1.165, 1.54) is 19.2 Å². The molecule has 0 N–H and O–H groups in total. The van der Waals surface area contributed by atoms with Crippen molar-refractivity contribution < 1.29 is 19.2 Å². The van der Waals surface area contributed by atoms with E-state index in [2.05, 4.69) is 11.7 Å². The molecule has 3 rings (SSSR count). The molecular formula is C15H13N3O4. The zero-order valence-electron chi connectivity index (χ0n) is 11.9. The second-order valence-corrected chi connectivity index (χ2v) is 5.21. The maximum atomic E-state index is 12.5. The number of imide groups is 2. The summed E-state index contributed by atoms with van der Waals surface area (Å²) in [7, 11) is 1.36. The van der Waals surface area contributed by atoms with Crippen LogP contribution < -0.4 is 0 Å². The number of hydrogen-bond acceptors (Lipinski definition) is 5. The zero-order chi connectivity index (χ0) is 16.0. The van der Waals surface area contributed by atoms with Gasteiger partial charge < -0.3 is 0 Å². The van der Waals surface area contributed by atoms with Crippen LogP contribution in [-0.2, 0) is 9.59 Å². The third-order valence-electron chi connectivity index (χ3n) is 4.02. The van der Waals surface area contributed by atoms with Gasteiger partial charge in [-0.2, -0.15) is 0 Å². The lowest BCUT2D eigenvalue weighted by Gasteiger charge is -2.32. The van der Waals surface area contributed by atoms with E-state index in [1.54, 1.807) is 6.07 Å². The number of carbonyl (C=O) groups is 4. The number of aliphatic imine (C=N–C) groups is 1. The summed E-state index contributed by atoms with van der Waals surface area (Å²) in [5.74, 6) is -1.90. The Kier molecular flexibility index (Phi) is 3.13. The third-order valence-corrected chi connectivity index (χ3v) is 4.02. The number of likely N-dealkylation sites (N-methyl/N-ethyl adjacent to an activating group) is 1. The number of fused-ring (bicyclic) bond motifs is 1. The summed E-state index contributed by atoms with van der Waals surface area (Å²) in [6.45, 7) is 3.38. The van der Waals surface area contributed by atoms with Crippen molar-refractivity contribution in [2.24, 2.45) is 4.99 Å². The zero-order valence-corrected chi connectivity index (χ0v) is 11.9. The molecule has 1 saturated heterocycles. The van der Waals surface area contributed by atoms with Crippen molar-refractivity contribution in [1.29, 1.82) is 0 Å². The number of carbonyl (C=O) groups excluding carboxylic acids is 4. The quantitative estimate of drug-likeness (QED) is 0.596. The van der Waals surface area contributed by atoms with Gasteiger partial charge in [0.25, 0.3) is 17.7 Å². The Morgan fingerprint density at radius 1 is 1.14 bits per heavy atom. The Balaban J connectivity index is 1.99. The van der Waals surface area contributed by atoms with Crippen molar-refractivity contribution in [3.63, 3.8) is 0 Å². The summed E-state index contributed by atoms with van der Waals surface area (Å²) in [4.78, 5) is 54.3. The van der Waals surface area contributed by atoms with Gasteiger partial charge in [0, 0.05) is 13.5 Å². The second kappa shape index (κ2) is 4.87. The lowest BCUT2D eigenvalue weighted by Crippen LogP contribution is -2.54. The normalized spacial score (nSPS) is 21.4. The molecule has 2 aliphatic rings. The van der Waals surface area contributed by atoms with Gasteiger partial charge in [-0.05, 0) is 31.3 Å². The van der Waals surface area contributed by atoms with Crippen LogP contribution in [0.4, 0.5) is 5.69 Å². The Bertz CT molecular complexity index is 740. The largest absolute Gasteiger partial charge is 0.284 e. The molecule has 0 aromatic heterocycles. The summed E-state index contributed by atoms with van der Waals surface area (Å²) in [5, 5.41) is 0. The second-order valence-electron chi connectivity index (χ2n) is 5.21. The van der Waals surface area contributed by atoms with Crippen LogP contribution in [0, 0.1) is 0 Å². The van der Waals surface area contributed by atoms with Crippen LogP contribution in [0.25, 0.3) is 0 Å². The molecule has 1 aromatic rings. The number of rotatable bonds is 2. The molecule has 7 heteroatoms. The smallest absolute Gasteiger partial charge is 0.262 e. The van der Waals surface area contributed by atoms with Crippen molar-refractivity contribution in [1.82, 2.24) is 9.80 Å². The van der Waals surface area contributed by atoms with Crippen molar-refractivity contribution in [2.75, 3.05) is 7.05 Å². The molecule has 0 spiro atoms. The minimum Gasteiger partial charge on any atom is -0.284 e. The molecule has 0 aliphatic carbocycles. The third kappa shape index (κ3) is 1.86. The molecule has 22 heavy (non-hydrogen) atoms. The fourth-order valence-corrected chi connectivity index (χ4v) is 2.77. The van der Waals surface area contributed by atoms with Crippen LogP contribution in [-0.4, -0.2) is 53.2 Å². The van der Waals surface area contributed by atoms with Crippen LogP contribution >= 0.6 is 0 Å². The highest BCUT2D eigenvalue weighted by Gasteiger charge is 2.46. The summed E-state index contributed by atoms with van der Waals surface area (Å²) < 4.78 is 0. The van der Waals surface area contributed by atoms with E-state index in [4.69, 9.17) is 0 Å². The average Bonchev–Trinajstić information content (AvgIpc) is 2.77. The van der Waals surface area contributed by atoms with Gasteiger partial charge in [-0.1, -0.05) is 0 Å². The number of nitrogens with zero attached hydrogens (tertiary/aromatic N) is 3. The highest BCUT2D eigenvalue weighted by molar-refractivity contribution is 6.23. The number of hydrogen-bond donors (Lipinski definition) is 0. The number of likely N-dealkylation sites (tertiary alicyclic amines) is 1. The number of benzene rings is 1. The van der Waals surface area contributed by atoms with Crippen LogP contribution in [0.1, 0.15) is 33.6 Å². The maximum Gasteiger partial charge on any atom is 0.262 e. The summed E-state index contributed by atoms with van der Waals surface area (Å²) in [6, 6.07) is 3.63. The first-order valence-corrected chi connectivity index (χ1v) is 6.74. The molecule has 0 radical (unpaired) electrons. The minimum atomic E-state index is -0.935. The van der Waals surface area contributed by atoms with Crippen LogP contribution in [0.5, 0.6) is 0 Å². The molecule has 112 valence electrons. The monoisotopic (exact) mass is 299 g/mol. The van der Waals surface area contributed by atoms with Gasteiger partial charge in [0.15, 0.2) is 0 Å². The standard InChI is InChI=1S/C15H13N3O4/c1-16-8-3-4-9-10(7-8)14(21)18(13(9)20)11-5-6-12(19)17(2)15(11)22/h3-4,7,11H,1,5-6H2,2H3. The van der Waals surface area contributed by atoms with Crippen molar-refractivity contribution in [3.8, 4) is 0 Å². The molecule has 1 fully saturated rings. The molecule has 1 unspecified atom stereocenters. The number of amides is 4. The van der Waals surface area contributed by atoms with Crippen LogP contribution in [0.3, 0.4) is 0 Å². The van der Waals surface area contributed by atoms with Gasteiger partial charge in [0.05, 0.1) is 16.8 Å². The summed E-state index contributed by atoms with van der Waals surface area (Å²) >= 11 is 0. The summed E-state index contributed by atoms with van der Waals surface area (Å²) in [5.41, 5.74) is 0.927. The first-order valence-electron chi connectivity index (χ1n) is 6.74. The Labute approximate surface area is 126 Å². The fourth-order valence-electron chi connectivity index (χ4n) is 2.77. The molecule has 2 aliphatic heterocycles. The van der Waals surface area contributed by atoms with Crippen molar-refractivity contribution in [3.05, 3.63) is 29.3 Å². The molecule has 1 atom stereocenters. The molecule has 2 heterocycles. The van der Waals surface area contributed by atoms with Gasteiger partial charge in [0.2, 0.25) is 5.91 Å². The lowest BCUT2D eigenvalue weighted by molar-refractivity contribution is -0.149. The molecular weight excluding hydrogens is 286 g/mol. The lowest BCUT2D eigenvalue weighted by atomic mass is 10.0. The van der Waals surface area contributed by atoms with E-state index in [0.29, 0.717) is 5.69 Å². The molecule has 7 nitrogen and oxygen atoms in total. The Morgan fingerprint density at radius 3 is 2.50 bits per heavy atom. The number of piperidine rings is 1. The first-order chi connectivity index (χ1) is 10.5. The Hall–Kier alpha value is -2.83. The van der Waals surface area contributed by atoms with E-state index < -0.39 is 23.8 Å². The molecule has 0 bridgehead atoms. The highest BCUT2D eigenvalue weighted by atomic mass is 16.2. The predicted octanol–water partition coefficient (Wildman–Crippen LogP) is 0.762. The average molecular weight is 299 g/mol. The SMILES string of the molecule is C=Nc1ccc2c(c1)C(=O)N(C1CCC(=O)N(C)C1=O)C2=O. The fraction of sp³-hybridized carbons (Fsp3) is 0.267. The van der Waals surface area contributed by atoms with E-state index in [1.807, 2.05) is 0 Å². The topological polar surface area (TPSA) is 87.1 Å². The van der Waals surface area contributed by atoms with Gasteiger partial charge in [-0.3, -0.25) is 34.0 Å². The van der Waals surface area contributed by atoms with E-state index >= 15 is 0 Å². The van der Waals surface area contributed by atoms with E-state index in [9.17, 15) is 19.2 Å². The van der Waals surface area contributed by atoms with Gasteiger partial charge in [0.1, 0.15) is 6.04 Å². The minimum absolute atomic E-state index is 0.125. The van der Waals surface area contributed by atoms with Gasteiger partial charge >= 0.3 is 0 Å². The van der Waals surface area contributed by atoms with Crippen LogP contribution in [0.2, 0.25) is 0 Å². The van der Waals surface area contributed by atoms with Crippen molar-refractivity contribution >= 4 is 36.0 Å². The van der Waals surface area contributed by atoms with E-state index in [0.717, 1.165) is 9.80 Å². The molecule has 0 saturated carbocycles. The Morgan fingerprint density at radius 2 is 1.82 bits per heavy atom.